The van der Waals surface area contributed by atoms with Gasteiger partial charge in [-0.05, 0) is 48.9 Å². The Hall–Kier alpha value is -2.59. The van der Waals surface area contributed by atoms with E-state index in [2.05, 4.69) is 11.8 Å². The van der Waals surface area contributed by atoms with Gasteiger partial charge in [-0.15, -0.1) is 0 Å². The van der Waals surface area contributed by atoms with Crippen LogP contribution in [0.25, 0.3) is 5.57 Å². The second-order valence-electron chi connectivity index (χ2n) is 8.11. The van der Waals surface area contributed by atoms with E-state index in [0.717, 1.165) is 42.6 Å². The largest absolute Gasteiger partial charge is 0.366 e. The van der Waals surface area contributed by atoms with Gasteiger partial charge >= 0.3 is 0 Å². The predicted octanol–water partition coefficient (Wildman–Crippen LogP) is 4.66. The number of benzene rings is 2. The number of rotatable bonds is 4. The second kappa shape index (κ2) is 8.03. The first-order valence-corrected chi connectivity index (χ1v) is 10.5. The molecule has 150 valence electrons. The highest BCUT2D eigenvalue weighted by molar-refractivity contribution is 6.35. The van der Waals surface area contributed by atoms with Crippen molar-refractivity contribution in [3.63, 3.8) is 0 Å². The van der Waals surface area contributed by atoms with Gasteiger partial charge in [0, 0.05) is 18.1 Å². The lowest BCUT2D eigenvalue weighted by Gasteiger charge is -2.33. The molecule has 29 heavy (non-hydrogen) atoms. The van der Waals surface area contributed by atoms with Crippen molar-refractivity contribution in [1.29, 1.82) is 0 Å². The summed E-state index contributed by atoms with van der Waals surface area (Å²) in [6.07, 6.45) is 2.19. The molecule has 2 aromatic rings. The standard InChI is InChI=1S/C24H25ClN2O2/c1-16-5-9-19(10-6-16)21-22(26-13-3-4-17(2)14-26)24(29)27(23(21)28)15-18-7-11-20(25)12-8-18/h5-12,17H,3-4,13-15H2,1-2H3. The van der Waals surface area contributed by atoms with Crippen LogP contribution in [-0.4, -0.2) is 34.7 Å². The first-order valence-electron chi connectivity index (χ1n) is 10.1. The highest BCUT2D eigenvalue weighted by atomic mass is 35.5. The minimum Gasteiger partial charge on any atom is -0.366 e. The van der Waals surface area contributed by atoms with Crippen molar-refractivity contribution in [1.82, 2.24) is 9.80 Å². The molecule has 0 radical (unpaired) electrons. The molecule has 4 nitrogen and oxygen atoms in total. The predicted molar refractivity (Wildman–Crippen MR) is 115 cm³/mol. The summed E-state index contributed by atoms with van der Waals surface area (Å²) in [6.45, 7) is 6.07. The maximum atomic E-state index is 13.4. The molecule has 4 rings (SSSR count). The topological polar surface area (TPSA) is 40.6 Å². The van der Waals surface area contributed by atoms with E-state index in [1.807, 2.05) is 43.3 Å². The third kappa shape index (κ3) is 3.95. The number of imide groups is 1. The van der Waals surface area contributed by atoms with Crippen LogP contribution in [0, 0.1) is 12.8 Å². The van der Waals surface area contributed by atoms with Crippen molar-refractivity contribution >= 4 is 29.0 Å². The number of carbonyl (C=O) groups is 2. The van der Waals surface area contributed by atoms with Crippen LogP contribution in [-0.2, 0) is 16.1 Å². The Kier molecular flexibility index (Phi) is 5.46. The highest BCUT2D eigenvalue weighted by Gasteiger charge is 2.42. The summed E-state index contributed by atoms with van der Waals surface area (Å²) in [4.78, 5) is 30.3. The molecule has 0 aliphatic carbocycles. The molecule has 0 aromatic heterocycles. The molecule has 1 atom stereocenters. The molecule has 2 aliphatic rings. The number of halogens is 1. The van der Waals surface area contributed by atoms with Crippen LogP contribution < -0.4 is 0 Å². The van der Waals surface area contributed by atoms with Crippen molar-refractivity contribution < 1.29 is 9.59 Å². The quantitative estimate of drug-likeness (QED) is 0.691. The Balaban J connectivity index is 1.72. The first kappa shape index (κ1) is 19.7. The molecule has 0 bridgehead atoms. The van der Waals surface area contributed by atoms with Crippen LogP contribution in [0.4, 0.5) is 0 Å². The third-order valence-electron chi connectivity index (χ3n) is 5.71. The zero-order valence-electron chi connectivity index (χ0n) is 16.8. The van der Waals surface area contributed by atoms with Crippen molar-refractivity contribution in [3.8, 4) is 0 Å². The molecule has 1 fully saturated rings. The number of hydrogen-bond donors (Lipinski definition) is 0. The molecule has 2 heterocycles. The summed E-state index contributed by atoms with van der Waals surface area (Å²) in [5, 5.41) is 0.634. The number of aryl methyl sites for hydroxylation is 1. The Morgan fingerprint density at radius 3 is 2.34 bits per heavy atom. The van der Waals surface area contributed by atoms with Gasteiger partial charge in [0.15, 0.2) is 0 Å². The van der Waals surface area contributed by atoms with Crippen LogP contribution in [0.3, 0.4) is 0 Å². The van der Waals surface area contributed by atoms with Crippen molar-refractivity contribution in [2.75, 3.05) is 13.1 Å². The van der Waals surface area contributed by atoms with E-state index in [0.29, 0.717) is 22.2 Å². The Labute approximate surface area is 176 Å². The lowest BCUT2D eigenvalue weighted by atomic mass is 9.97. The van der Waals surface area contributed by atoms with Crippen LogP contribution in [0.5, 0.6) is 0 Å². The smallest absolute Gasteiger partial charge is 0.278 e. The average molecular weight is 409 g/mol. The maximum Gasteiger partial charge on any atom is 0.278 e. The number of nitrogens with zero attached hydrogens (tertiary/aromatic N) is 2. The molecule has 2 amide bonds. The lowest BCUT2D eigenvalue weighted by molar-refractivity contribution is -0.138. The van der Waals surface area contributed by atoms with E-state index in [9.17, 15) is 9.59 Å². The van der Waals surface area contributed by atoms with Crippen molar-refractivity contribution in [2.24, 2.45) is 5.92 Å². The fourth-order valence-electron chi connectivity index (χ4n) is 4.15. The summed E-state index contributed by atoms with van der Waals surface area (Å²) < 4.78 is 0. The zero-order valence-corrected chi connectivity index (χ0v) is 17.6. The Morgan fingerprint density at radius 1 is 1.00 bits per heavy atom. The normalized spacial score (nSPS) is 20.0. The molecular formula is C24H25ClN2O2. The third-order valence-corrected chi connectivity index (χ3v) is 5.96. The van der Waals surface area contributed by atoms with Gasteiger partial charge in [0.05, 0.1) is 12.1 Å². The fourth-order valence-corrected chi connectivity index (χ4v) is 4.27. The van der Waals surface area contributed by atoms with E-state index < -0.39 is 0 Å². The van der Waals surface area contributed by atoms with Crippen LogP contribution in [0.15, 0.2) is 54.2 Å². The number of carbonyl (C=O) groups excluding carboxylic acids is 2. The highest BCUT2D eigenvalue weighted by Crippen LogP contribution is 2.34. The molecule has 1 unspecified atom stereocenters. The molecular weight excluding hydrogens is 384 g/mol. The summed E-state index contributed by atoms with van der Waals surface area (Å²) >= 11 is 5.98. The molecule has 5 heteroatoms. The number of amides is 2. The minimum absolute atomic E-state index is 0.199. The summed E-state index contributed by atoms with van der Waals surface area (Å²) in [5.74, 6) is 0.0837. The second-order valence-corrected chi connectivity index (χ2v) is 8.54. The Morgan fingerprint density at radius 2 is 1.69 bits per heavy atom. The van der Waals surface area contributed by atoms with E-state index in [-0.39, 0.29) is 18.4 Å². The lowest BCUT2D eigenvalue weighted by Crippen LogP contribution is -2.39. The van der Waals surface area contributed by atoms with Gasteiger partial charge in [0.2, 0.25) is 0 Å². The molecule has 1 saturated heterocycles. The Bertz CT molecular complexity index is 963. The van der Waals surface area contributed by atoms with Crippen LogP contribution >= 0.6 is 11.6 Å². The van der Waals surface area contributed by atoms with Gasteiger partial charge in [0.25, 0.3) is 11.8 Å². The van der Waals surface area contributed by atoms with Gasteiger partial charge in [0.1, 0.15) is 5.70 Å². The number of piperidine rings is 1. The van der Waals surface area contributed by atoms with Gasteiger partial charge in [-0.1, -0.05) is 60.5 Å². The first-order chi connectivity index (χ1) is 13.9. The van der Waals surface area contributed by atoms with Crippen molar-refractivity contribution in [3.05, 3.63) is 75.9 Å². The SMILES string of the molecule is Cc1ccc(C2=C(N3CCCC(C)C3)C(=O)N(Cc3ccc(Cl)cc3)C2=O)cc1. The molecule has 2 aromatic carbocycles. The van der Waals surface area contributed by atoms with E-state index in [1.165, 1.54) is 4.90 Å². The van der Waals surface area contributed by atoms with E-state index in [1.54, 1.807) is 12.1 Å². The molecule has 0 spiro atoms. The maximum absolute atomic E-state index is 13.4. The van der Waals surface area contributed by atoms with Crippen molar-refractivity contribution in [2.45, 2.75) is 33.2 Å². The van der Waals surface area contributed by atoms with E-state index in [4.69, 9.17) is 11.6 Å². The van der Waals surface area contributed by atoms with E-state index >= 15 is 0 Å². The summed E-state index contributed by atoms with van der Waals surface area (Å²) in [7, 11) is 0. The fraction of sp³-hybridized carbons (Fsp3) is 0.333. The number of likely N-dealkylation sites (tertiary alicyclic amines) is 1. The zero-order chi connectivity index (χ0) is 20.5. The van der Waals surface area contributed by atoms with Gasteiger partial charge in [-0.3, -0.25) is 14.5 Å². The van der Waals surface area contributed by atoms with Crippen LogP contribution in [0.2, 0.25) is 5.02 Å². The van der Waals surface area contributed by atoms with Gasteiger partial charge in [-0.2, -0.15) is 0 Å². The van der Waals surface area contributed by atoms with Crippen LogP contribution in [0.1, 0.15) is 36.5 Å². The minimum atomic E-state index is -0.220. The molecule has 0 saturated carbocycles. The van der Waals surface area contributed by atoms with Gasteiger partial charge in [-0.25, -0.2) is 0 Å². The molecule has 2 aliphatic heterocycles. The molecule has 0 N–H and O–H groups in total. The summed E-state index contributed by atoms with van der Waals surface area (Å²) in [6, 6.07) is 15.1. The van der Waals surface area contributed by atoms with Gasteiger partial charge < -0.3 is 4.90 Å². The average Bonchev–Trinajstić information content (AvgIpc) is 2.95. The monoisotopic (exact) mass is 408 g/mol. The number of hydrogen-bond acceptors (Lipinski definition) is 3. The summed E-state index contributed by atoms with van der Waals surface area (Å²) in [5.41, 5.74) is 3.89.